The molecule has 1 aromatic heterocycles. The van der Waals surface area contributed by atoms with Crippen molar-refractivity contribution < 1.29 is 70.2 Å². The SMILES string of the molecule is O=c1ccn(C2OC(COP(=O)(O)OP(=O)(O)OP(=O)(O)OP(=O)(O)SC3CCCCC3)C(O)C2O)c(=O)[nH]1. The summed E-state index contributed by atoms with van der Waals surface area (Å²) in [6.07, 6.45) is -2.43. The number of aromatic amines is 1. The normalized spacial score (nSPS) is 30.6. The molecule has 1 aromatic rings. The van der Waals surface area contributed by atoms with Gasteiger partial charge in [-0.05, 0) is 24.2 Å². The molecular formula is C15H26N2O17P4S. The van der Waals surface area contributed by atoms with Gasteiger partial charge in [-0.2, -0.15) is 12.9 Å². The summed E-state index contributed by atoms with van der Waals surface area (Å²) < 4.78 is 70.6. The first-order valence-corrected chi connectivity index (χ1v) is 18.5. The van der Waals surface area contributed by atoms with E-state index >= 15 is 0 Å². The number of hydrogen-bond acceptors (Lipinski definition) is 14. The maximum Gasteiger partial charge on any atom is 0.490 e. The maximum absolute atomic E-state index is 12.2. The quantitative estimate of drug-likeness (QED) is 0.151. The fourth-order valence-electron chi connectivity index (χ4n) is 3.71. The molecule has 3 rings (SSSR count). The van der Waals surface area contributed by atoms with Crippen LogP contribution in [0.25, 0.3) is 0 Å². The lowest BCUT2D eigenvalue weighted by atomic mass is 10.0. The van der Waals surface area contributed by atoms with Crippen LogP contribution >= 0.6 is 41.6 Å². The molecule has 2 fully saturated rings. The van der Waals surface area contributed by atoms with Crippen LogP contribution in [0.15, 0.2) is 21.9 Å². The first kappa shape index (κ1) is 33.0. The van der Waals surface area contributed by atoms with E-state index in [1.165, 1.54) is 0 Å². The van der Waals surface area contributed by atoms with Gasteiger partial charge in [0.25, 0.3) is 5.56 Å². The minimum absolute atomic E-state index is 0.350. The highest BCUT2D eigenvalue weighted by Crippen LogP contribution is 2.74. The third kappa shape index (κ3) is 9.79. The molecule has 224 valence electrons. The van der Waals surface area contributed by atoms with E-state index in [2.05, 4.69) is 17.5 Å². The molecule has 2 heterocycles. The zero-order chi connectivity index (χ0) is 29.2. The Labute approximate surface area is 223 Å². The Morgan fingerprint density at radius 2 is 1.51 bits per heavy atom. The molecule has 0 aromatic carbocycles. The van der Waals surface area contributed by atoms with Crippen molar-refractivity contribution in [2.75, 3.05) is 6.61 Å². The molecule has 1 aliphatic carbocycles. The highest BCUT2D eigenvalue weighted by molar-refractivity contribution is 8.55. The van der Waals surface area contributed by atoms with E-state index in [9.17, 15) is 57.6 Å². The summed E-state index contributed by atoms with van der Waals surface area (Å²) in [5, 5.41) is 19.9. The average molecular weight is 662 g/mol. The van der Waals surface area contributed by atoms with Gasteiger partial charge in [0.15, 0.2) is 6.23 Å². The van der Waals surface area contributed by atoms with E-state index in [0.29, 0.717) is 28.8 Å². The minimum atomic E-state index is -5.97. The van der Waals surface area contributed by atoms with E-state index in [0.717, 1.165) is 31.5 Å². The first-order chi connectivity index (χ1) is 17.9. The smallest absolute Gasteiger partial charge is 0.387 e. The summed E-state index contributed by atoms with van der Waals surface area (Å²) >= 11 is 0.350. The van der Waals surface area contributed by atoms with Crippen LogP contribution in [-0.4, -0.2) is 69.5 Å². The van der Waals surface area contributed by atoms with Crippen molar-refractivity contribution in [2.45, 2.75) is 61.9 Å². The lowest BCUT2D eigenvalue weighted by molar-refractivity contribution is -0.0542. The van der Waals surface area contributed by atoms with E-state index in [1.54, 1.807) is 0 Å². The van der Waals surface area contributed by atoms with E-state index in [-0.39, 0.29) is 5.25 Å². The standard InChI is InChI=1S/C15H26N2O17P4S/c18-11-6-7-17(15(21)16-11)14-13(20)12(19)10(31-14)8-30-35(22,23)32-36(24,25)33-37(26,27)34-38(28,29)39-9-4-2-1-3-5-9/h6-7,9-10,12-14,19-20H,1-5,8H2,(H,22,23)(H,24,25)(H,26,27)(H,28,29)(H,16,18,21). The van der Waals surface area contributed by atoms with Gasteiger partial charge < -0.3 is 34.5 Å². The lowest BCUT2D eigenvalue weighted by Crippen LogP contribution is -2.37. The average Bonchev–Trinajstić information content (AvgIpc) is 3.04. The largest absolute Gasteiger partial charge is 0.490 e. The van der Waals surface area contributed by atoms with Crippen molar-refractivity contribution >= 4 is 41.6 Å². The van der Waals surface area contributed by atoms with Gasteiger partial charge in [-0.3, -0.25) is 18.9 Å². The van der Waals surface area contributed by atoms with Crippen molar-refractivity contribution in [3.05, 3.63) is 33.1 Å². The van der Waals surface area contributed by atoms with Crippen molar-refractivity contribution in [3.63, 3.8) is 0 Å². The molecule has 24 heteroatoms. The summed E-state index contributed by atoms with van der Waals surface area (Å²) in [6, 6.07) is 0.913. The second-order valence-corrected chi connectivity index (χ2v) is 17.2. The lowest BCUT2D eigenvalue weighted by Gasteiger charge is -2.24. The molecule has 0 bridgehead atoms. The topological polar surface area (TPSA) is 291 Å². The van der Waals surface area contributed by atoms with Crippen LogP contribution in [-0.2, 0) is 40.5 Å². The van der Waals surface area contributed by atoms with E-state index < -0.39 is 72.7 Å². The Morgan fingerprint density at radius 3 is 2.13 bits per heavy atom. The van der Waals surface area contributed by atoms with Crippen LogP contribution in [0.1, 0.15) is 38.3 Å². The predicted molar refractivity (Wildman–Crippen MR) is 130 cm³/mol. The fraction of sp³-hybridized carbons (Fsp3) is 0.733. The Hall–Kier alpha value is -0.490. The Kier molecular flexibility index (Phi) is 10.8. The van der Waals surface area contributed by atoms with Crippen molar-refractivity contribution in [1.82, 2.24) is 9.55 Å². The molecular weight excluding hydrogens is 636 g/mol. The van der Waals surface area contributed by atoms with Crippen LogP contribution in [0.5, 0.6) is 0 Å². The number of phosphoric ester groups is 1. The van der Waals surface area contributed by atoms with Gasteiger partial charge in [-0.15, -0.1) is 0 Å². The number of nitrogens with one attached hydrogen (secondary N) is 1. The van der Waals surface area contributed by atoms with Crippen molar-refractivity contribution in [1.29, 1.82) is 0 Å². The van der Waals surface area contributed by atoms with Crippen LogP contribution in [0.2, 0.25) is 0 Å². The zero-order valence-electron chi connectivity index (χ0n) is 19.6. The van der Waals surface area contributed by atoms with Crippen LogP contribution < -0.4 is 11.2 Å². The van der Waals surface area contributed by atoms with Gasteiger partial charge in [-0.1, -0.05) is 19.3 Å². The molecule has 1 saturated heterocycles. The summed E-state index contributed by atoms with van der Waals surface area (Å²) in [5.41, 5.74) is -1.78. The van der Waals surface area contributed by atoms with Gasteiger partial charge in [0.1, 0.15) is 18.3 Å². The predicted octanol–water partition coefficient (Wildman–Crippen LogP) is 0.690. The first-order valence-electron chi connectivity index (χ1n) is 11.0. The summed E-state index contributed by atoms with van der Waals surface area (Å²) in [7, 11) is -17.4. The van der Waals surface area contributed by atoms with Crippen molar-refractivity contribution in [3.8, 4) is 0 Å². The van der Waals surface area contributed by atoms with Crippen LogP contribution in [0.3, 0.4) is 0 Å². The van der Waals surface area contributed by atoms with Crippen LogP contribution in [0.4, 0.5) is 0 Å². The van der Waals surface area contributed by atoms with Crippen molar-refractivity contribution in [2.24, 2.45) is 0 Å². The number of nitrogens with zero attached hydrogens (tertiary/aromatic N) is 1. The molecule has 2 aliphatic rings. The van der Waals surface area contributed by atoms with Gasteiger partial charge >= 0.3 is 36.0 Å². The van der Waals surface area contributed by atoms with Gasteiger partial charge in [-0.25, -0.2) is 23.1 Å². The van der Waals surface area contributed by atoms with E-state index in [1.807, 2.05) is 4.98 Å². The molecule has 7 N–H and O–H groups in total. The number of hydrogen-bond donors (Lipinski definition) is 7. The maximum atomic E-state index is 12.2. The molecule has 39 heavy (non-hydrogen) atoms. The molecule has 8 atom stereocenters. The monoisotopic (exact) mass is 662 g/mol. The second-order valence-electron chi connectivity index (χ2n) is 8.34. The number of rotatable bonds is 12. The summed E-state index contributed by atoms with van der Waals surface area (Å²) in [6.45, 7) is -5.98. The molecule has 19 nitrogen and oxygen atoms in total. The molecule has 1 aliphatic heterocycles. The Balaban J connectivity index is 1.57. The molecule has 1 saturated carbocycles. The van der Waals surface area contributed by atoms with Crippen LogP contribution in [0, 0.1) is 0 Å². The number of aromatic nitrogens is 2. The molecule has 0 spiro atoms. The van der Waals surface area contributed by atoms with Gasteiger partial charge in [0.2, 0.25) is 0 Å². The number of ether oxygens (including phenoxy) is 1. The highest BCUT2D eigenvalue weighted by Gasteiger charge is 2.48. The van der Waals surface area contributed by atoms with E-state index in [4.69, 9.17) is 4.74 Å². The molecule has 8 unspecified atom stereocenters. The highest BCUT2D eigenvalue weighted by atomic mass is 32.7. The zero-order valence-corrected chi connectivity index (χ0v) is 24.0. The van der Waals surface area contributed by atoms with Gasteiger partial charge in [0, 0.05) is 17.5 Å². The third-order valence-corrected chi connectivity index (χ3v) is 14.1. The molecule has 0 radical (unpaired) electrons. The third-order valence-electron chi connectivity index (χ3n) is 5.32. The summed E-state index contributed by atoms with van der Waals surface area (Å²) in [4.78, 5) is 63.9. The number of H-pyrrole nitrogens is 1. The fourth-order valence-corrected chi connectivity index (χ4v) is 12.1. The minimum Gasteiger partial charge on any atom is -0.387 e. The molecule has 0 amide bonds. The Bertz CT molecular complexity index is 1330. The Morgan fingerprint density at radius 1 is 0.923 bits per heavy atom. The number of aliphatic hydroxyl groups is 2. The number of aliphatic hydroxyl groups excluding tert-OH is 2. The van der Waals surface area contributed by atoms with Gasteiger partial charge in [0.05, 0.1) is 6.61 Å². The summed E-state index contributed by atoms with van der Waals surface area (Å²) in [5.74, 6) is 0. The second kappa shape index (κ2) is 12.8. The number of phosphoric acid groups is 3.